The monoisotopic (exact) mass is 378 g/mol. The lowest BCUT2D eigenvalue weighted by Gasteiger charge is -2.36. The van der Waals surface area contributed by atoms with Gasteiger partial charge in [0.25, 0.3) is 10.0 Å². The minimum absolute atomic E-state index is 0.0635. The predicted molar refractivity (Wildman–Crippen MR) is 92.5 cm³/mol. The first-order chi connectivity index (χ1) is 12.2. The summed E-state index contributed by atoms with van der Waals surface area (Å²) in [5.41, 5.74) is 1.85. The molecule has 26 heavy (non-hydrogen) atoms. The van der Waals surface area contributed by atoms with Crippen LogP contribution in [0.15, 0.2) is 35.2 Å². The molecular weight excluding hydrogens is 362 g/mol. The highest BCUT2D eigenvalue weighted by molar-refractivity contribution is 7.92. The third-order valence-corrected chi connectivity index (χ3v) is 6.58. The number of anilines is 2. The third-order valence-electron chi connectivity index (χ3n) is 5.17. The Morgan fingerprint density at radius 3 is 2.50 bits per heavy atom. The number of carbonyl (C=O) groups excluding carboxylic acids is 1. The molecule has 1 saturated carbocycles. The minimum atomic E-state index is -4.23. The van der Waals surface area contributed by atoms with Gasteiger partial charge in [0.2, 0.25) is 5.91 Å². The Labute approximate surface area is 149 Å². The summed E-state index contributed by atoms with van der Waals surface area (Å²) in [7, 11) is -4.23. The Bertz CT molecular complexity index is 1050. The molecule has 1 aliphatic carbocycles. The summed E-state index contributed by atoms with van der Waals surface area (Å²) in [4.78, 5) is 11.7. The van der Waals surface area contributed by atoms with Gasteiger partial charge in [-0.3, -0.25) is 9.52 Å². The van der Waals surface area contributed by atoms with Crippen LogP contribution in [0.2, 0.25) is 0 Å². The number of nitrogens with one attached hydrogen (secondary N) is 2. The van der Waals surface area contributed by atoms with E-state index in [1.165, 1.54) is 0 Å². The van der Waals surface area contributed by atoms with Crippen LogP contribution in [-0.2, 0) is 20.2 Å². The number of fused-ring (bicyclic) bond motifs is 2. The fourth-order valence-electron chi connectivity index (χ4n) is 3.67. The number of carbonyl (C=O) groups is 1. The molecule has 2 aromatic carbocycles. The molecule has 5 nitrogen and oxygen atoms in total. The molecule has 2 aromatic rings. The van der Waals surface area contributed by atoms with Crippen molar-refractivity contribution in [2.45, 2.75) is 36.5 Å². The largest absolute Gasteiger partial charge is 0.325 e. The van der Waals surface area contributed by atoms with Gasteiger partial charge in [0.05, 0.1) is 5.41 Å². The van der Waals surface area contributed by atoms with Crippen molar-refractivity contribution in [3.63, 3.8) is 0 Å². The number of benzene rings is 2. The Kier molecular flexibility index (Phi) is 3.59. The SMILES string of the molecule is Cc1cc(NS(=O)(=O)c2ccc(F)cc2F)cc2c1NC(=O)C21CCC1. The maximum absolute atomic E-state index is 13.9. The van der Waals surface area contributed by atoms with Crippen LogP contribution >= 0.6 is 0 Å². The molecule has 1 amide bonds. The van der Waals surface area contributed by atoms with Crippen molar-refractivity contribution < 1.29 is 22.0 Å². The summed E-state index contributed by atoms with van der Waals surface area (Å²) in [5, 5.41) is 2.88. The van der Waals surface area contributed by atoms with Crippen molar-refractivity contribution in [3.05, 3.63) is 53.1 Å². The number of rotatable bonds is 3. The molecule has 2 N–H and O–H groups in total. The average molecular weight is 378 g/mol. The van der Waals surface area contributed by atoms with Gasteiger partial charge < -0.3 is 5.32 Å². The van der Waals surface area contributed by atoms with Gasteiger partial charge in [-0.2, -0.15) is 0 Å². The van der Waals surface area contributed by atoms with E-state index in [0.29, 0.717) is 24.6 Å². The normalized spacial score (nSPS) is 17.6. The molecule has 1 aliphatic heterocycles. The summed E-state index contributed by atoms with van der Waals surface area (Å²) >= 11 is 0. The van der Waals surface area contributed by atoms with Crippen LogP contribution in [0.5, 0.6) is 0 Å². The molecule has 136 valence electrons. The number of aryl methyl sites for hydroxylation is 1. The molecule has 1 fully saturated rings. The van der Waals surface area contributed by atoms with E-state index in [1.807, 2.05) is 0 Å². The zero-order chi connectivity index (χ0) is 18.7. The highest BCUT2D eigenvalue weighted by atomic mass is 32.2. The van der Waals surface area contributed by atoms with Crippen LogP contribution in [0.1, 0.15) is 30.4 Å². The zero-order valence-corrected chi connectivity index (χ0v) is 14.7. The Morgan fingerprint density at radius 1 is 1.15 bits per heavy atom. The number of hydrogen-bond acceptors (Lipinski definition) is 3. The van der Waals surface area contributed by atoms with Crippen molar-refractivity contribution in [2.24, 2.45) is 0 Å². The van der Waals surface area contributed by atoms with E-state index in [1.54, 1.807) is 19.1 Å². The molecule has 1 spiro atoms. The van der Waals surface area contributed by atoms with Crippen molar-refractivity contribution >= 4 is 27.3 Å². The first kappa shape index (κ1) is 17.0. The predicted octanol–water partition coefficient (Wildman–Crippen LogP) is 3.45. The van der Waals surface area contributed by atoms with Gasteiger partial charge >= 0.3 is 0 Å². The number of hydrogen-bond donors (Lipinski definition) is 2. The van der Waals surface area contributed by atoms with Gasteiger partial charge in [-0.05, 0) is 55.2 Å². The lowest BCUT2D eigenvalue weighted by Crippen LogP contribution is -2.40. The van der Waals surface area contributed by atoms with Crippen molar-refractivity contribution in [2.75, 3.05) is 10.0 Å². The Hall–Kier alpha value is -2.48. The Morgan fingerprint density at radius 2 is 1.88 bits per heavy atom. The smallest absolute Gasteiger partial charge is 0.264 e. The number of halogens is 2. The van der Waals surface area contributed by atoms with E-state index in [-0.39, 0.29) is 11.6 Å². The topological polar surface area (TPSA) is 75.3 Å². The lowest BCUT2D eigenvalue weighted by molar-refractivity contribution is -0.123. The molecule has 0 unspecified atom stereocenters. The number of sulfonamides is 1. The molecule has 0 bridgehead atoms. The number of amides is 1. The van der Waals surface area contributed by atoms with Crippen molar-refractivity contribution in [1.82, 2.24) is 0 Å². The summed E-state index contributed by atoms with van der Waals surface area (Å²) in [6.07, 6.45) is 2.37. The maximum Gasteiger partial charge on any atom is 0.264 e. The highest BCUT2D eigenvalue weighted by Crippen LogP contribution is 2.52. The Balaban J connectivity index is 1.74. The summed E-state index contributed by atoms with van der Waals surface area (Å²) in [6.45, 7) is 1.77. The quantitative estimate of drug-likeness (QED) is 0.859. The first-order valence-electron chi connectivity index (χ1n) is 8.17. The van der Waals surface area contributed by atoms with E-state index < -0.39 is 32.0 Å². The summed E-state index contributed by atoms with van der Waals surface area (Å²) < 4.78 is 54.2. The van der Waals surface area contributed by atoms with Crippen molar-refractivity contribution in [3.8, 4) is 0 Å². The molecule has 0 radical (unpaired) electrons. The van der Waals surface area contributed by atoms with E-state index in [9.17, 15) is 22.0 Å². The van der Waals surface area contributed by atoms with E-state index in [4.69, 9.17) is 0 Å². The summed E-state index contributed by atoms with van der Waals surface area (Å²) in [5.74, 6) is -2.08. The average Bonchev–Trinajstić information content (AvgIpc) is 2.79. The van der Waals surface area contributed by atoms with E-state index in [2.05, 4.69) is 10.0 Å². The van der Waals surface area contributed by atoms with E-state index in [0.717, 1.165) is 29.7 Å². The summed E-state index contributed by atoms with van der Waals surface area (Å²) in [6, 6.07) is 5.49. The van der Waals surface area contributed by atoms with Crippen LogP contribution < -0.4 is 10.0 Å². The lowest BCUT2D eigenvalue weighted by atomic mass is 9.65. The molecule has 1 heterocycles. The first-order valence-corrected chi connectivity index (χ1v) is 9.66. The highest BCUT2D eigenvalue weighted by Gasteiger charge is 2.51. The standard InChI is InChI=1S/C18H16F2N2O3S/c1-10-7-12(9-13-16(10)21-17(23)18(13)5-2-6-18)22-26(24,25)15-4-3-11(19)8-14(15)20/h3-4,7-9,22H,2,5-6H2,1H3,(H,21,23). The van der Waals surface area contributed by atoms with Gasteiger partial charge in [-0.25, -0.2) is 17.2 Å². The van der Waals surface area contributed by atoms with Crippen molar-refractivity contribution in [1.29, 1.82) is 0 Å². The van der Waals surface area contributed by atoms with Crippen LogP contribution in [0.25, 0.3) is 0 Å². The van der Waals surface area contributed by atoms with Crippen LogP contribution in [0.3, 0.4) is 0 Å². The zero-order valence-electron chi connectivity index (χ0n) is 13.9. The van der Waals surface area contributed by atoms with E-state index >= 15 is 0 Å². The fraction of sp³-hybridized carbons (Fsp3) is 0.278. The second-order valence-electron chi connectivity index (χ2n) is 6.79. The third kappa shape index (κ3) is 2.39. The maximum atomic E-state index is 13.9. The van der Waals surface area contributed by atoms with Crippen LogP contribution in [0.4, 0.5) is 20.2 Å². The van der Waals surface area contributed by atoms with Crippen LogP contribution in [0, 0.1) is 18.6 Å². The second kappa shape index (κ2) is 5.51. The van der Waals surface area contributed by atoms with Crippen LogP contribution in [-0.4, -0.2) is 14.3 Å². The molecule has 8 heteroatoms. The fourth-order valence-corrected chi connectivity index (χ4v) is 4.78. The van der Waals surface area contributed by atoms with Gasteiger partial charge in [0.15, 0.2) is 0 Å². The molecule has 4 rings (SSSR count). The molecule has 2 aliphatic rings. The molecule has 0 saturated heterocycles. The second-order valence-corrected chi connectivity index (χ2v) is 8.44. The molecular formula is C18H16F2N2O3S. The van der Waals surface area contributed by atoms with Gasteiger partial charge in [-0.15, -0.1) is 0 Å². The minimum Gasteiger partial charge on any atom is -0.325 e. The van der Waals surface area contributed by atoms with Gasteiger partial charge in [-0.1, -0.05) is 6.42 Å². The van der Waals surface area contributed by atoms with Gasteiger partial charge in [0, 0.05) is 17.4 Å². The van der Waals surface area contributed by atoms with Gasteiger partial charge in [0.1, 0.15) is 16.5 Å². The molecule has 0 aromatic heterocycles. The molecule has 0 atom stereocenters.